The molecule has 0 bridgehead atoms. The lowest BCUT2D eigenvalue weighted by atomic mass is 10.1. The van der Waals surface area contributed by atoms with Crippen LogP contribution in [0.3, 0.4) is 0 Å². The SMILES string of the molecule is COc1ccc(OCCC(C)C)cc1OC. The summed E-state index contributed by atoms with van der Waals surface area (Å²) in [6.07, 6.45) is 1.05. The summed E-state index contributed by atoms with van der Waals surface area (Å²) in [5.74, 6) is 2.89. The van der Waals surface area contributed by atoms with Gasteiger partial charge in [-0.2, -0.15) is 0 Å². The fourth-order valence-electron chi connectivity index (χ4n) is 1.32. The summed E-state index contributed by atoms with van der Waals surface area (Å²) in [4.78, 5) is 0. The van der Waals surface area contributed by atoms with E-state index in [1.165, 1.54) is 0 Å². The highest BCUT2D eigenvalue weighted by atomic mass is 16.5. The summed E-state index contributed by atoms with van der Waals surface area (Å²) >= 11 is 0. The van der Waals surface area contributed by atoms with Crippen molar-refractivity contribution >= 4 is 0 Å². The number of hydrogen-bond acceptors (Lipinski definition) is 3. The first-order valence-electron chi connectivity index (χ1n) is 5.52. The van der Waals surface area contributed by atoms with Crippen LogP contribution in [-0.4, -0.2) is 20.8 Å². The Bertz CT molecular complexity index is 321. The average Bonchev–Trinajstić information content (AvgIpc) is 2.28. The van der Waals surface area contributed by atoms with Gasteiger partial charge in [-0.25, -0.2) is 0 Å². The highest BCUT2D eigenvalue weighted by Crippen LogP contribution is 2.30. The maximum absolute atomic E-state index is 5.62. The van der Waals surface area contributed by atoms with Gasteiger partial charge in [-0.15, -0.1) is 0 Å². The highest BCUT2D eigenvalue weighted by molar-refractivity contribution is 5.45. The summed E-state index contributed by atoms with van der Waals surface area (Å²) in [6.45, 7) is 5.09. The van der Waals surface area contributed by atoms with Crippen LogP contribution in [0.1, 0.15) is 20.3 Å². The summed E-state index contributed by atoms with van der Waals surface area (Å²) in [6, 6.07) is 5.59. The molecule has 1 aromatic carbocycles. The van der Waals surface area contributed by atoms with Crippen LogP contribution in [0.5, 0.6) is 17.2 Å². The van der Waals surface area contributed by atoms with E-state index in [2.05, 4.69) is 13.8 Å². The molecule has 0 aliphatic rings. The van der Waals surface area contributed by atoms with Crippen molar-refractivity contribution < 1.29 is 14.2 Å². The number of rotatable bonds is 6. The normalized spacial score (nSPS) is 10.3. The van der Waals surface area contributed by atoms with Gasteiger partial charge in [-0.05, 0) is 24.5 Å². The Morgan fingerprint density at radius 3 is 2.31 bits per heavy atom. The van der Waals surface area contributed by atoms with Gasteiger partial charge in [0.1, 0.15) is 5.75 Å². The first-order chi connectivity index (χ1) is 7.67. The first-order valence-corrected chi connectivity index (χ1v) is 5.52. The standard InChI is InChI=1S/C13H20O3/c1-10(2)7-8-16-11-5-6-12(14-3)13(9-11)15-4/h5-6,9-10H,7-8H2,1-4H3. The van der Waals surface area contributed by atoms with Gasteiger partial charge < -0.3 is 14.2 Å². The minimum Gasteiger partial charge on any atom is -0.493 e. The van der Waals surface area contributed by atoms with Crippen LogP contribution >= 0.6 is 0 Å². The molecule has 1 aromatic rings. The quantitative estimate of drug-likeness (QED) is 0.743. The lowest BCUT2D eigenvalue weighted by Gasteiger charge is -2.11. The van der Waals surface area contributed by atoms with Crippen LogP contribution in [0.25, 0.3) is 0 Å². The van der Waals surface area contributed by atoms with E-state index in [0.29, 0.717) is 11.7 Å². The Balaban J connectivity index is 2.60. The molecule has 0 saturated carbocycles. The minimum atomic E-state index is 0.653. The molecular weight excluding hydrogens is 204 g/mol. The second kappa shape index (κ2) is 6.26. The van der Waals surface area contributed by atoms with E-state index in [9.17, 15) is 0 Å². The van der Waals surface area contributed by atoms with Crippen molar-refractivity contribution in [3.05, 3.63) is 18.2 Å². The summed E-state index contributed by atoms with van der Waals surface area (Å²) in [7, 11) is 3.24. The van der Waals surface area contributed by atoms with E-state index in [1.807, 2.05) is 18.2 Å². The number of ether oxygens (including phenoxy) is 3. The first kappa shape index (κ1) is 12.7. The lowest BCUT2D eigenvalue weighted by molar-refractivity contribution is 0.286. The van der Waals surface area contributed by atoms with Gasteiger partial charge >= 0.3 is 0 Å². The Morgan fingerprint density at radius 2 is 1.75 bits per heavy atom. The molecule has 0 aromatic heterocycles. The van der Waals surface area contributed by atoms with E-state index in [0.717, 1.165) is 24.5 Å². The third-order valence-corrected chi connectivity index (χ3v) is 2.32. The van der Waals surface area contributed by atoms with Gasteiger partial charge in [0.2, 0.25) is 0 Å². The molecule has 3 heteroatoms. The molecule has 0 fully saturated rings. The monoisotopic (exact) mass is 224 g/mol. The molecule has 0 unspecified atom stereocenters. The number of benzene rings is 1. The van der Waals surface area contributed by atoms with Crippen molar-refractivity contribution in [2.45, 2.75) is 20.3 Å². The molecule has 90 valence electrons. The van der Waals surface area contributed by atoms with Crippen molar-refractivity contribution in [3.63, 3.8) is 0 Å². The lowest BCUT2D eigenvalue weighted by Crippen LogP contribution is -2.01. The zero-order valence-corrected chi connectivity index (χ0v) is 10.4. The Morgan fingerprint density at radius 1 is 1.06 bits per heavy atom. The smallest absolute Gasteiger partial charge is 0.164 e. The zero-order valence-electron chi connectivity index (χ0n) is 10.4. The predicted molar refractivity (Wildman–Crippen MR) is 64.5 cm³/mol. The van der Waals surface area contributed by atoms with Crippen molar-refractivity contribution in [1.29, 1.82) is 0 Å². The third-order valence-electron chi connectivity index (χ3n) is 2.32. The van der Waals surface area contributed by atoms with Crippen molar-refractivity contribution in [2.75, 3.05) is 20.8 Å². The summed E-state index contributed by atoms with van der Waals surface area (Å²) in [5, 5.41) is 0. The van der Waals surface area contributed by atoms with Crippen molar-refractivity contribution in [1.82, 2.24) is 0 Å². The van der Waals surface area contributed by atoms with Gasteiger partial charge in [0.25, 0.3) is 0 Å². The second-order valence-electron chi connectivity index (χ2n) is 4.05. The van der Waals surface area contributed by atoms with Crippen LogP contribution in [0.4, 0.5) is 0 Å². The Labute approximate surface area is 97.3 Å². The number of methoxy groups -OCH3 is 2. The van der Waals surface area contributed by atoms with Crippen molar-refractivity contribution in [2.24, 2.45) is 5.92 Å². The zero-order chi connectivity index (χ0) is 12.0. The van der Waals surface area contributed by atoms with Gasteiger partial charge in [0.15, 0.2) is 11.5 Å². The van der Waals surface area contributed by atoms with E-state index >= 15 is 0 Å². The fraction of sp³-hybridized carbons (Fsp3) is 0.538. The van der Waals surface area contributed by atoms with Crippen molar-refractivity contribution in [3.8, 4) is 17.2 Å². The molecule has 0 amide bonds. The minimum absolute atomic E-state index is 0.653. The Kier molecular flexibility index (Phi) is 4.96. The molecular formula is C13H20O3. The van der Waals surface area contributed by atoms with Gasteiger partial charge in [0, 0.05) is 6.07 Å². The summed E-state index contributed by atoms with van der Waals surface area (Å²) in [5.41, 5.74) is 0. The fourth-order valence-corrected chi connectivity index (χ4v) is 1.32. The van der Waals surface area contributed by atoms with Crippen LogP contribution in [-0.2, 0) is 0 Å². The van der Waals surface area contributed by atoms with Gasteiger partial charge in [-0.1, -0.05) is 13.8 Å². The average molecular weight is 224 g/mol. The van der Waals surface area contributed by atoms with E-state index in [1.54, 1.807) is 14.2 Å². The molecule has 0 radical (unpaired) electrons. The molecule has 0 spiro atoms. The van der Waals surface area contributed by atoms with Gasteiger partial charge in [0.05, 0.1) is 20.8 Å². The third kappa shape index (κ3) is 3.65. The van der Waals surface area contributed by atoms with Gasteiger partial charge in [-0.3, -0.25) is 0 Å². The maximum Gasteiger partial charge on any atom is 0.164 e. The largest absolute Gasteiger partial charge is 0.493 e. The highest BCUT2D eigenvalue weighted by Gasteiger charge is 2.05. The Hall–Kier alpha value is -1.38. The molecule has 0 heterocycles. The maximum atomic E-state index is 5.62. The molecule has 0 atom stereocenters. The van der Waals surface area contributed by atoms with Crippen LogP contribution in [0, 0.1) is 5.92 Å². The second-order valence-corrected chi connectivity index (χ2v) is 4.05. The topological polar surface area (TPSA) is 27.7 Å². The van der Waals surface area contributed by atoms with E-state index in [-0.39, 0.29) is 0 Å². The molecule has 0 N–H and O–H groups in total. The van der Waals surface area contributed by atoms with E-state index < -0.39 is 0 Å². The molecule has 0 aliphatic heterocycles. The molecule has 3 nitrogen and oxygen atoms in total. The number of hydrogen-bond donors (Lipinski definition) is 0. The molecule has 1 rings (SSSR count). The predicted octanol–water partition coefficient (Wildman–Crippen LogP) is 3.13. The molecule has 0 saturated heterocycles. The van der Waals surface area contributed by atoms with E-state index in [4.69, 9.17) is 14.2 Å². The summed E-state index contributed by atoms with van der Waals surface area (Å²) < 4.78 is 16.0. The molecule has 16 heavy (non-hydrogen) atoms. The van der Waals surface area contributed by atoms with Crippen LogP contribution in [0.15, 0.2) is 18.2 Å². The van der Waals surface area contributed by atoms with Crippen LogP contribution < -0.4 is 14.2 Å². The van der Waals surface area contributed by atoms with Crippen LogP contribution in [0.2, 0.25) is 0 Å². The molecule has 0 aliphatic carbocycles.